The Kier molecular flexibility index (Phi) is 3.33. The normalized spacial score (nSPS) is 25.6. The number of rotatable bonds is 2. The second kappa shape index (κ2) is 5.66. The number of piperidine rings is 1. The first kappa shape index (κ1) is 14.1. The molecule has 0 radical (unpaired) electrons. The summed E-state index contributed by atoms with van der Waals surface area (Å²) >= 11 is 0. The fourth-order valence-corrected chi connectivity index (χ4v) is 3.76. The minimum atomic E-state index is 0.511. The van der Waals surface area contributed by atoms with Gasteiger partial charge in [0.05, 0.1) is 0 Å². The van der Waals surface area contributed by atoms with Crippen molar-refractivity contribution in [2.45, 2.75) is 18.9 Å². The second-order valence-corrected chi connectivity index (χ2v) is 6.51. The van der Waals surface area contributed by atoms with Gasteiger partial charge in [0.25, 0.3) is 0 Å². The number of anilines is 1. The van der Waals surface area contributed by atoms with E-state index in [1.807, 2.05) is 18.2 Å². The Labute approximate surface area is 140 Å². The predicted octanol–water partition coefficient (Wildman–Crippen LogP) is 1.79. The molecule has 0 saturated carbocycles. The first-order chi connectivity index (χ1) is 11.9. The molecule has 24 heavy (non-hydrogen) atoms. The molecule has 1 aromatic heterocycles. The van der Waals surface area contributed by atoms with Gasteiger partial charge in [0.15, 0.2) is 11.5 Å². The first-order valence-corrected chi connectivity index (χ1v) is 8.59. The maximum Gasteiger partial charge on any atom is 0.318 e. The molecule has 126 valence electrons. The third-order valence-electron chi connectivity index (χ3n) is 5.10. The van der Waals surface area contributed by atoms with E-state index in [1.165, 1.54) is 25.9 Å². The standard InChI is InChI=1S/C17H20N4O3/c1-2-14-15(23-10-9-22-14)11-12(1)16-18-19-17(24-16)21-8-7-20-5-3-13(21)4-6-20/h1-2,11,13H,3-10H2. The molecule has 0 aliphatic carbocycles. The lowest BCUT2D eigenvalue weighted by Crippen LogP contribution is -2.38. The molecule has 1 aromatic carbocycles. The fourth-order valence-electron chi connectivity index (χ4n) is 3.76. The van der Waals surface area contributed by atoms with Gasteiger partial charge in [-0.15, -0.1) is 5.10 Å². The summed E-state index contributed by atoms with van der Waals surface area (Å²) in [4.78, 5) is 4.79. The van der Waals surface area contributed by atoms with Crippen LogP contribution in [-0.2, 0) is 0 Å². The van der Waals surface area contributed by atoms with Crippen molar-refractivity contribution < 1.29 is 13.9 Å². The molecule has 0 atom stereocenters. The minimum Gasteiger partial charge on any atom is -0.486 e. The Morgan fingerprint density at radius 1 is 0.917 bits per heavy atom. The van der Waals surface area contributed by atoms with Crippen LogP contribution in [0.2, 0.25) is 0 Å². The smallest absolute Gasteiger partial charge is 0.318 e. The fraction of sp³-hybridized carbons (Fsp3) is 0.529. The van der Waals surface area contributed by atoms with Crippen LogP contribution in [0.3, 0.4) is 0 Å². The maximum atomic E-state index is 6.00. The van der Waals surface area contributed by atoms with Gasteiger partial charge >= 0.3 is 6.01 Å². The third-order valence-corrected chi connectivity index (χ3v) is 5.10. The number of benzene rings is 1. The molecule has 4 aliphatic heterocycles. The van der Waals surface area contributed by atoms with Crippen molar-refractivity contribution in [1.82, 2.24) is 15.1 Å². The number of hydrogen-bond donors (Lipinski definition) is 0. The molecular weight excluding hydrogens is 308 g/mol. The van der Waals surface area contributed by atoms with Crippen molar-refractivity contribution in [1.29, 1.82) is 0 Å². The predicted molar refractivity (Wildman–Crippen MR) is 87.5 cm³/mol. The number of hydrogen-bond acceptors (Lipinski definition) is 7. The van der Waals surface area contributed by atoms with E-state index >= 15 is 0 Å². The SMILES string of the molecule is c1cc2c(cc1-c1nnc(N3CCN4CCC3CC4)o1)OCCO2. The minimum absolute atomic E-state index is 0.511. The third kappa shape index (κ3) is 2.39. The first-order valence-electron chi connectivity index (χ1n) is 8.59. The van der Waals surface area contributed by atoms with Gasteiger partial charge in [-0.05, 0) is 31.0 Å². The zero-order valence-corrected chi connectivity index (χ0v) is 13.5. The zero-order chi connectivity index (χ0) is 15.9. The van der Waals surface area contributed by atoms with Crippen molar-refractivity contribution in [2.24, 2.45) is 0 Å². The van der Waals surface area contributed by atoms with Gasteiger partial charge < -0.3 is 23.7 Å². The van der Waals surface area contributed by atoms with Gasteiger partial charge in [-0.2, -0.15) is 0 Å². The lowest BCUT2D eigenvalue weighted by atomic mass is 10.1. The summed E-state index contributed by atoms with van der Waals surface area (Å²) in [6.45, 7) is 5.52. The summed E-state index contributed by atoms with van der Waals surface area (Å²) in [6.07, 6.45) is 2.34. The molecule has 6 rings (SSSR count). The highest BCUT2D eigenvalue weighted by atomic mass is 16.6. The summed E-state index contributed by atoms with van der Waals surface area (Å²) < 4.78 is 17.2. The number of ether oxygens (including phenoxy) is 2. The molecule has 3 fully saturated rings. The van der Waals surface area contributed by atoms with Crippen LogP contribution < -0.4 is 14.4 Å². The highest BCUT2D eigenvalue weighted by Gasteiger charge is 2.32. The van der Waals surface area contributed by atoms with E-state index in [-0.39, 0.29) is 0 Å². The van der Waals surface area contributed by atoms with Crippen LogP contribution in [0.1, 0.15) is 12.8 Å². The average molecular weight is 328 g/mol. The highest BCUT2D eigenvalue weighted by Crippen LogP contribution is 2.35. The molecule has 7 heteroatoms. The Hall–Kier alpha value is -2.28. The lowest BCUT2D eigenvalue weighted by Gasteiger charge is -2.29. The quantitative estimate of drug-likeness (QED) is 0.833. The topological polar surface area (TPSA) is 63.9 Å². The molecular formula is C17H20N4O3. The molecule has 0 unspecified atom stereocenters. The van der Waals surface area contributed by atoms with Crippen molar-refractivity contribution in [2.75, 3.05) is 44.3 Å². The Morgan fingerprint density at radius 2 is 1.75 bits per heavy atom. The van der Waals surface area contributed by atoms with Gasteiger partial charge in [-0.3, -0.25) is 0 Å². The van der Waals surface area contributed by atoms with E-state index in [0.29, 0.717) is 31.2 Å². The molecule has 3 saturated heterocycles. The maximum absolute atomic E-state index is 6.00. The molecule has 0 N–H and O–H groups in total. The monoisotopic (exact) mass is 328 g/mol. The Bertz CT molecular complexity index is 739. The molecule has 4 aliphatic rings. The van der Waals surface area contributed by atoms with E-state index in [9.17, 15) is 0 Å². The molecule has 5 heterocycles. The summed E-state index contributed by atoms with van der Waals surface area (Å²) in [5.41, 5.74) is 0.862. The largest absolute Gasteiger partial charge is 0.486 e. The van der Waals surface area contributed by atoms with Crippen molar-refractivity contribution >= 4 is 6.01 Å². The highest BCUT2D eigenvalue weighted by molar-refractivity contribution is 5.60. The zero-order valence-electron chi connectivity index (χ0n) is 13.5. The van der Waals surface area contributed by atoms with Gasteiger partial charge in [0.2, 0.25) is 5.89 Å². The van der Waals surface area contributed by atoms with Gasteiger partial charge in [0, 0.05) is 37.8 Å². The number of nitrogens with zero attached hydrogens (tertiary/aromatic N) is 4. The lowest BCUT2D eigenvalue weighted by molar-refractivity contribution is 0.171. The van der Waals surface area contributed by atoms with E-state index < -0.39 is 0 Å². The van der Waals surface area contributed by atoms with Crippen LogP contribution in [0, 0.1) is 0 Å². The molecule has 0 spiro atoms. The van der Waals surface area contributed by atoms with E-state index in [1.54, 1.807) is 0 Å². The van der Waals surface area contributed by atoms with Gasteiger partial charge in [-0.25, -0.2) is 0 Å². The molecule has 2 aromatic rings. The van der Waals surface area contributed by atoms with Crippen LogP contribution >= 0.6 is 0 Å². The Balaban J connectivity index is 1.43. The second-order valence-electron chi connectivity index (χ2n) is 6.51. The number of aromatic nitrogens is 2. The van der Waals surface area contributed by atoms with Crippen LogP contribution in [0.15, 0.2) is 22.6 Å². The summed E-state index contributed by atoms with van der Waals surface area (Å²) in [6, 6.07) is 6.89. The Morgan fingerprint density at radius 3 is 2.62 bits per heavy atom. The van der Waals surface area contributed by atoms with E-state index in [4.69, 9.17) is 13.9 Å². The molecule has 2 bridgehead atoms. The van der Waals surface area contributed by atoms with Crippen LogP contribution in [0.5, 0.6) is 11.5 Å². The van der Waals surface area contributed by atoms with Crippen molar-refractivity contribution in [3.63, 3.8) is 0 Å². The average Bonchev–Trinajstić information content (AvgIpc) is 2.94. The summed E-state index contributed by atoms with van der Waals surface area (Å²) in [5, 5.41) is 8.56. The van der Waals surface area contributed by atoms with E-state index in [0.717, 1.165) is 30.2 Å². The summed E-state index contributed by atoms with van der Waals surface area (Å²) in [7, 11) is 0. The number of fused-ring (bicyclic) bond motifs is 5. The van der Waals surface area contributed by atoms with Crippen LogP contribution in [-0.4, -0.2) is 60.5 Å². The summed E-state index contributed by atoms with van der Waals surface area (Å²) in [5.74, 6) is 2.03. The van der Waals surface area contributed by atoms with Gasteiger partial charge in [0.1, 0.15) is 13.2 Å². The van der Waals surface area contributed by atoms with Crippen molar-refractivity contribution in [3.05, 3.63) is 18.2 Å². The molecule has 0 amide bonds. The van der Waals surface area contributed by atoms with Gasteiger partial charge in [-0.1, -0.05) is 5.10 Å². The van der Waals surface area contributed by atoms with E-state index in [2.05, 4.69) is 20.0 Å². The van der Waals surface area contributed by atoms with Crippen LogP contribution in [0.25, 0.3) is 11.5 Å². The van der Waals surface area contributed by atoms with Crippen LogP contribution in [0.4, 0.5) is 6.01 Å². The molecule has 7 nitrogen and oxygen atoms in total. The van der Waals surface area contributed by atoms with Crippen molar-refractivity contribution in [3.8, 4) is 23.0 Å².